The first-order valence-corrected chi connectivity index (χ1v) is 7.49. The number of nitrogens with one attached hydrogen (secondary N) is 1. The van der Waals surface area contributed by atoms with Crippen LogP contribution in [0.5, 0.6) is 0 Å². The Morgan fingerprint density at radius 1 is 1.61 bits per heavy atom. The van der Waals surface area contributed by atoms with E-state index in [-0.39, 0.29) is 17.0 Å². The molecule has 0 aliphatic heterocycles. The Morgan fingerprint density at radius 2 is 2.39 bits per heavy atom. The van der Waals surface area contributed by atoms with Crippen molar-refractivity contribution in [2.45, 2.75) is 43.8 Å². The second-order valence-electron chi connectivity index (χ2n) is 4.44. The average Bonchev–Trinajstić information content (AvgIpc) is 2.96. The van der Waals surface area contributed by atoms with Gasteiger partial charge in [0.05, 0.1) is 18.3 Å². The molecule has 0 radical (unpaired) electrons. The molecule has 98 valence electrons. The van der Waals surface area contributed by atoms with Crippen molar-refractivity contribution in [3.8, 4) is 6.07 Å². The van der Waals surface area contributed by atoms with E-state index in [1.54, 1.807) is 4.57 Å². The lowest BCUT2D eigenvalue weighted by atomic mass is 10.1. The minimum absolute atomic E-state index is 0.0212. The highest BCUT2D eigenvalue weighted by molar-refractivity contribution is 7.89. The van der Waals surface area contributed by atoms with Crippen molar-refractivity contribution in [2.75, 3.05) is 0 Å². The highest BCUT2D eigenvalue weighted by atomic mass is 32.2. The minimum atomic E-state index is -3.61. The van der Waals surface area contributed by atoms with Crippen molar-refractivity contribution in [3.63, 3.8) is 0 Å². The number of hydrogen-bond donors (Lipinski definition) is 1. The van der Waals surface area contributed by atoms with Gasteiger partial charge in [-0.05, 0) is 19.8 Å². The lowest BCUT2D eigenvalue weighted by Crippen LogP contribution is -2.37. The van der Waals surface area contributed by atoms with Gasteiger partial charge in [-0.25, -0.2) is 18.1 Å². The minimum Gasteiger partial charge on any atom is -0.336 e. The van der Waals surface area contributed by atoms with Crippen molar-refractivity contribution < 1.29 is 8.42 Å². The summed E-state index contributed by atoms with van der Waals surface area (Å²) in [5.74, 6) is -0.229. The summed E-state index contributed by atoms with van der Waals surface area (Å²) < 4.78 is 28.4. The molecule has 1 aromatic heterocycles. The molecule has 1 saturated carbocycles. The SMILES string of the molecule is CCn1cnc(S(=O)(=O)NC2CCCC2C#N)c1. The Labute approximate surface area is 107 Å². The molecule has 1 fully saturated rings. The highest BCUT2D eigenvalue weighted by Crippen LogP contribution is 2.26. The maximum atomic E-state index is 12.1. The molecule has 1 heterocycles. The molecule has 18 heavy (non-hydrogen) atoms. The predicted molar refractivity (Wildman–Crippen MR) is 65.0 cm³/mol. The van der Waals surface area contributed by atoms with Crippen LogP contribution in [0.4, 0.5) is 0 Å². The summed E-state index contributed by atoms with van der Waals surface area (Å²) in [6.45, 7) is 2.58. The first-order chi connectivity index (χ1) is 8.56. The number of aryl methyl sites for hydroxylation is 1. The van der Waals surface area contributed by atoms with E-state index in [0.717, 1.165) is 12.8 Å². The zero-order chi connectivity index (χ0) is 13.2. The highest BCUT2D eigenvalue weighted by Gasteiger charge is 2.32. The van der Waals surface area contributed by atoms with Gasteiger partial charge in [0.25, 0.3) is 10.0 Å². The fourth-order valence-corrected chi connectivity index (χ4v) is 3.43. The first kappa shape index (κ1) is 13.1. The van der Waals surface area contributed by atoms with E-state index in [9.17, 15) is 8.42 Å². The van der Waals surface area contributed by atoms with Gasteiger partial charge < -0.3 is 4.57 Å². The summed E-state index contributed by atoms with van der Waals surface area (Å²) in [5, 5.41) is 8.96. The second kappa shape index (κ2) is 5.08. The molecule has 0 saturated heterocycles. The van der Waals surface area contributed by atoms with Crippen molar-refractivity contribution in [2.24, 2.45) is 5.92 Å². The fourth-order valence-electron chi connectivity index (χ4n) is 2.17. The molecule has 0 bridgehead atoms. The monoisotopic (exact) mass is 268 g/mol. The van der Waals surface area contributed by atoms with Crippen LogP contribution in [0.2, 0.25) is 0 Å². The van der Waals surface area contributed by atoms with Crippen LogP contribution >= 0.6 is 0 Å². The smallest absolute Gasteiger partial charge is 0.259 e. The summed E-state index contributed by atoms with van der Waals surface area (Å²) >= 11 is 0. The number of hydrogen-bond acceptors (Lipinski definition) is 4. The predicted octanol–water partition coefficient (Wildman–Crippen LogP) is 0.874. The molecule has 1 aliphatic carbocycles. The van der Waals surface area contributed by atoms with Gasteiger partial charge in [0.15, 0.2) is 5.03 Å². The van der Waals surface area contributed by atoms with Crippen LogP contribution in [0.1, 0.15) is 26.2 Å². The summed E-state index contributed by atoms with van der Waals surface area (Å²) in [6, 6.07) is 1.87. The molecule has 0 spiro atoms. The van der Waals surface area contributed by atoms with E-state index in [2.05, 4.69) is 15.8 Å². The zero-order valence-corrected chi connectivity index (χ0v) is 11.0. The van der Waals surface area contributed by atoms with Crippen molar-refractivity contribution in [3.05, 3.63) is 12.5 Å². The van der Waals surface area contributed by atoms with Crippen molar-refractivity contribution >= 4 is 10.0 Å². The summed E-state index contributed by atoms with van der Waals surface area (Å²) in [6.07, 6.45) is 5.34. The van der Waals surface area contributed by atoms with Gasteiger partial charge in [0, 0.05) is 18.8 Å². The molecular weight excluding hydrogens is 252 g/mol. The van der Waals surface area contributed by atoms with Crippen LogP contribution in [0.3, 0.4) is 0 Å². The Hall–Kier alpha value is -1.39. The summed E-state index contributed by atoms with van der Waals surface area (Å²) in [5.41, 5.74) is 0. The number of aromatic nitrogens is 2. The quantitative estimate of drug-likeness (QED) is 0.877. The van der Waals surface area contributed by atoms with E-state index in [0.29, 0.717) is 13.0 Å². The summed E-state index contributed by atoms with van der Waals surface area (Å²) in [7, 11) is -3.61. The number of rotatable bonds is 4. The molecule has 7 heteroatoms. The molecular formula is C11H16N4O2S. The number of sulfonamides is 1. The molecule has 1 aliphatic rings. The lowest BCUT2D eigenvalue weighted by molar-refractivity contribution is 0.513. The van der Waals surface area contributed by atoms with Gasteiger partial charge in [0.2, 0.25) is 0 Å². The third-order valence-electron chi connectivity index (χ3n) is 3.24. The van der Waals surface area contributed by atoms with E-state index < -0.39 is 10.0 Å². The van der Waals surface area contributed by atoms with Crippen LogP contribution < -0.4 is 4.72 Å². The molecule has 2 unspecified atom stereocenters. The number of nitrogens with zero attached hydrogens (tertiary/aromatic N) is 3. The van der Waals surface area contributed by atoms with Crippen LogP contribution in [0.25, 0.3) is 0 Å². The average molecular weight is 268 g/mol. The standard InChI is InChI=1S/C11H16N4O2S/c1-2-15-7-11(13-8-15)18(16,17)14-10-5-3-4-9(10)6-12/h7-10,14H,2-5H2,1H3. The molecule has 0 amide bonds. The lowest BCUT2D eigenvalue weighted by Gasteiger charge is -2.14. The normalized spacial score (nSPS) is 24.0. The van der Waals surface area contributed by atoms with Gasteiger partial charge in [-0.1, -0.05) is 6.42 Å². The fraction of sp³-hybridized carbons (Fsp3) is 0.636. The van der Waals surface area contributed by atoms with Gasteiger partial charge in [-0.3, -0.25) is 0 Å². The molecule has 1 aromatic rings. The van der Waals surface area contributed by atoms with Gasteiger partial charge in [-0.2, -0.15) is 5.26 Å². The van der Waals surface area contributed by atoms with E-state index in [1.165, 1.54) is 12.5 Å². The summed E-state index contributed by atoms with van der Waals surface area (Å²) in [4.78, 5) is 3.88. The van der Waals surface area contributed by atoms with E-state index in [1.807, 2.05) is 6.92 Å². The van der Waals surface area contributed by atoms with Gasteiger partial charge >= 0.3 is 0 Å². The first-order valence-electron chi connectivity index (χ1n) is 6.00. The van der Waals surface area contributed by atoms with Gasteiger partial charge in [-0.15, -0.1) is 0 Å². The maximum absolute atomic E-state index is 12.1. The topological polar surface area (TPSA) is 87.8 Å². The Kier molecular flexibility index (Phi) is 3.68. The number of imidazole rings is 1. The largest absolute Gasteiger partial charge is 0.336 e. The third-order valence-corrected chi connectivity index (χ3v) is 4.61. The Bertz CT molecular complexity index is 558. The van der Waals surface area contributed by atoms with E-state index in [4.69, 9.17) is 5.26 Å². The molecule has 6 nitrogen and oxygen atoms in total. The molecule has 2 atom stereocenters. The van der Waals surface area contributed by atoms with Crippen LogP contribution in [0.15, 0.2) is 17.6 Å². The molecule has 1 N–H and O–H groups in total. The van der Waals surface area contributed by atoms with Crippen LogP contribution in [0, 0.1) is 17.2 Å². The van der Waals surface area contributed by atoms with Crippen LogP contribution in [-0.4, -0.2) is 24.0 Å². The Morgan fingerprint density at radius 3 is 3.00 bits per heavy atom. The van der Waals surface area contributed by atoms with Crippen molar-refractivity contribution in [1.29, 1.82) is 5.26 Å². The zero-order valence-electron chi connectivity index (χ0n) is 10.2. The van der Waals surface area contributed by atoms with E-state index >= 15 is 0 Å². The molecule has 2 rings (SSSR count). The van der Waals surface area contributed by atoms with Crippen molar-refractivity contribution in [1.82, 2.24) is 14.3 Å². The van der Waals surface area contributed by atoms with Crippen LogP contribution in [-0.2, 0) is 16.6 Å². The van der Waals surface area contributed by atoms with Gasteiger partial charge in [0.1, 0.15) is 0 Å². The Balaban J connectivity index is 2.14. The third kappa shape index (κ3) is 2.54. The second-order valence-corrected chi connectivity index (χ2v) is 6.10. The maximum Gasteiger partial charge on any atom is 0.259 e. The molecule has 0 aromatic carbocycles. The number of nitriles is 1.